The quantitative estimate of drug-likeness (QED) is 0.177. The summed E-state index contributed by atoms with van der Waals surface area (Å²) >= 11 is 1.42. The maximum absolute atomic E-state index is 10.4. The van der Waals surface area contributed by atoms with Gasteiger partial charge in [-0.25, -0.2) is 0 Å². The fraction of sp³-hybridized carbons (Fsp3) is 0.885. The van der Waals surface area contributed by atoms with Crippen molar-refractivity contribution >= 4 is 40.4 Å². The fourth-order valence-corrected chi connectivity index (χ4v) is 2.86. The number of aliphatic carboxylic acids is 3. The van der Waals surface area contributed by atoms with Crippen LogP contribution in [0.5, 0.6) is 0 Å². The van der Waals surface area contributed by atoms with Gasteiger partial charge >= 0.3 is 51.8 Å². The van der Waals surface area contributed by atoms with Crippen molar-refractivity contribution in [2.75, 3.05) is 0 Å². The summed E-state index contributed by atoms with van der Waals surface area (Å²) < 4.78 is 1.38. The van der Waals surface area contributed by atoms with Crippen molar-refractivity contribution in [1.29, 1.82) is 0 Å². The number of carboxylic acids is 3. The van der Waals surface area contributed by atoms with Gasteiger partial charge in [-0.2, -0.15) is 0 Å². The van der Waals surface area contributed by atoms with E-state index in [4.69, 9.17) is 15.3 Å². The Labute approximate surface area is 217 Å². The number of carboxylic acid groups (broad SMARTS) is 3. The van der Waals surface area contributed by atoms with Gasteiger partial charge in [0.25, 0.3) is 0 Å². The Morgan fingerprint density at radius 1 is 0.545 bits per heavy atom. The Balaban J connectivity index is -0.000000180. The average molecular weight is 581 g/mol. The van der Waals surface area contributed by atoms with Gasteiger partial charge in [-0.05, 0) is 38.5 Å². The first kappa shape index (κ1) is 39.4. The molecule has 2 radical (unpaired) electrons. The molecule has 0 aliphatic rings. The van der Waals surface area contributed by atoms with Gasteiger partial charge in [0, 0.05) is 0 Å². The standard InChI is InChI=1S/3C8H16O2.C2H5.Sn.H/c3*1-3-5-6-7(4-2)8(9)10;1-2;;/h3*7H,3-6H2,1-2H3,(H,9,10);1H2,2H3;;. The van der Waals surface area contributed by atoms with Gasteiger partial charge in [0.05, 0.1) is 17.8 Å². The molecule has 33 heavy (non-hydrogen) atoms. The Hall–Kier alpha value is -0.791. The van der Waals surface area contributed by atoms with Crippen LogP contribution in [0.3, 0.4) is 0 Å². The topological polar surface area (TPSA) is 112 Å². The molecule has 0 spiro atoms. The molecule has 3 atom stereocenters. The molecule has 3 N–H and O–H groups in total. The SMILES string of the molecule is CCCCC(CC)C(=O)O.CCCCC(CC)C(=O)O.CCCCC(CC)C(=O)O.C[CH2][SnH]. The molecule has 0 bridgehead atoms. The van der Waals surface area contributed by atoms with Gasteiger partial charge in [0.1, 0.15) is 0 Å². The molecule has 0 aromatic rings. The molecule has 0 aromatic heterocycles. The van der Waals surface area contributed by atoms with E-state index in [-0.39, 0.29) is 17.8 Å². The summed E-state index contributed by atoms with van der Waals surface area (Å²) in [5, 5.41) is 25.8. The minimum absolute atomic E-state index is 0.111. The first-order valence-corrected chi connectivity index (χ1v) is 15.3. The molecule has 7 heteroatoms. The molecular formula is C26H54O6Sn. The van der Waals surface area contributed by atoms with Crippen molar-refractivity contribution in [3.05, 3.63) is 0 Å². The Morgan fingerprint density at radius 2 is 0.727 bits per heavy atom. The molecule has 198 valence electrons. The van der Waals surface area contributed by atoms with E-state index in [0.717, 1.165) is 77.0 Å². The number of unbranched alkanes of at least 4 members (excludes halogenated alkanes) is 3. The minimum atomic E-state index is -0.643. The van der Waals surface area contributed by atoms with Crippen molar-refractivity contribution in [2.45, 2.75) is 130 Å². The normalized spacial score (nSPS) is 12.4. The summed E-state index contributed by atoms with van der Waals surface area (Å²) in [6.07, 6.45) is 11.1. The molecule has 0 saturated heterocycles. The zero-order valence-electron chi connectivity index (χ0n) is 22.6. The molecule has 0 aliphatic heterocycles. The van der Waals surface area contributed by atoms with Crippen molar-refractivity contribution < 1.29 is 29.7 Å². The van der Waals surface area contributed by atoms with E-state index in [1.54, 1.807) is 0 Å². The number of rotatable bonds is 15. The van der Waals surface area contributed by atoms with Crippen LogP contribution < -0.4 is 0 Å². The van der Waals surface area contributed by atoms with Crippen LogP contribution in [0.1, 0.15) is 126 Å². The van der Waals surface area contributed by atoms with E-state index in [1.807, 2.05) is 20.8 Å². The second kappa shape index (κ2) is 31.2. The molecule has 6 nitrogen and oxygen atoms in total. The molecule has 0 rings (SSSR count). The van der Waals surface area contributed by atoms with Crippen molar-refractivity contribution in [3.63, 3.8) is 0 Å². The van der Waals surface area contributed by atoms with Gasteiger partial charge < -0.3 is 15.3 Å². The summed E-state index contributed by atoms with van der Waals surface area (Å²) in [5.74, 6) is -2.26. The number of hydrogen-bond donors (Lipinski definition) is 3. The summed E-state index contributed by atoms with van der Waals surface area (Å²) in [7, 11) is 0. The van der Waals surface area contributed by atoms with Crippen molar-refractivity contribution in [1.82, 2.24) is 0 Å². The van der Waals surface area contributed by atoms with Crippen molar-refractivity contribution in [2.24, 2.45) is 17.8 Å². The molecular weight excluding hydrogens is 527 g/mol. The third kappa shape index (κ3) is 31.2. The third-order valence-electron chi connectivity index (χ3n) is 5.24. The fourth-order valence-electron chi connectivity index (χ4n) is 2.86. The molecule has 0 aromatic carbocycles. The Morgan fingerprint density at radius 3 is 0.818 bits per heavy atom. The van der Waals surface area contributed by atoms with Gasteiger partial charge in [-0.1, -0.05) is 80.1 Å². The van der Waals surface area contributed by atoms with E-state index < -0.39 is 17.9 Å². The first-order chi connectivity index (χ1) is 15.6. The summed E-state index contributed by atoms with van der Waals surface area (Å²) in [6.45, 7) is 14.2. The molecule has 0 saturated carbocycles. The van der Waals surface area contributed by atoms with E-state index in [0.29, 0.717) is 0 Å². The summed E-state index contributed by atoms with van der Waals surface area (Å²) in [4.78, 5) is 31.3. The molecule has 0 fully saturated rings. The van der Waals surface area contributed by atoms with Crippen LogP contribution in [0.2, 0.25) is 4.44 Å². The Kier molecular flexibility index (Phi) is 37.3. The second-order valence-electron chi connectivity index (χ2n) is 8.17. The first-order valence-electron chi connectivity index (χ1n) is 13.0. The summed E-state index contributed by atoms with van der Waals surface area (Å²) in [6, 6.07) is 0. The zero-order chi connectivity index (χ0) is 26.7. The Bertz CT molecular complexity index is 381. The van der Waals surface area contributed by atoms with Crippen molar-refractivity contribution in [3.8, 4) is 0 Å². The third-order valence-corrected chi connectivity index (χ3v) is 5.24. The van der Waals surface area contributed by atoms with E-state index in [1.165, 1.54) is 27.0 Å². The molecule has 0 heterocycles. The van der Waals surface area contributed by atoms with Crippen LogP contribution in [0.25, 0.3) is 0 Å². The second-order valence-corrected chi connectivity index (χ2v) is 10.5. The molecule has 0 aliphatic carbocycles. The summed E-state index contributed by atoms with van der Waals surface area (Å²) in [5.41, 5.74) is 0. The predicted octanol–water partition coefficient (Wildman–Crippen LogP) is 7.19. The van der Waals surface area contributed by atoms with Crippen LogP contribution in [-0.2, 0) is 14.4 Å². The average Bonchev–Trinajstić information content (AvgIpc) is 2.76. The number of hydrogen-bond acceptors (Lipinski definition) is 3. The van der Waals surface area contributed by atoms with E-state index >= 15 is 0 Å². The molecule has 0 amide bonds. The van der Waals surface area contributed by atoms with Gasteiger partial charge in [0.15, 0.2) is 0 Å². The maximum atomic E-state index is 10.4. The van der Waals surface area contributed by atoms with Crippen LogP contribution in [0, 0.1) is 17.8 Å². The van der Waals surface area contributed by atoms with Crippen LogP contribution in [-0.4, -0.2) is 55.8 Å². The zero-order valence-corrected chi connectivity index (χ0v) is 25.9. The number of carbonyl (C=O) groups is 3. The van der Waals surface area contributed by atoms with E-state index in [9.17, 15) is 14.4 Å². The van der Waals surface area contributed by atoms with Crippen LogP contribution in [0.15, 0.2) is 0 Å². The van der Waals surface area contributed by atoms with Gasteiger partial charge in [0.2, 0.25) is 0 Å². The van der Waals surface area contributed by atoms with Crippen LogP contribution in [0.4, 0.5) is 0 Å². The van der Waals surface area contributed by atoms with E-state index in [2.05, 4.69) is 27.7 Å². The van der Waals surface area contributed by atoms with Crippen LogP contribution >= 0.6 is 0 Å². The van der Waals surface area contributed by atoms with Gasteiger partial charge in [-0.3, -0.25) is 14.4 Å². The molecule has 3 unspecified atom stereocenters. The van der Waals surface area contributed by atoms with Gasteiger partial charge in [-0.15, -0.1) is 0 Å². The predicted molar refractivity (Wildman–Crippen MR) is 140 cm³/mol. The monoisotopic (exact) mass is 582 g/mol.